The van der Waals surface area contributed by atoms with Gasteiger partial charge in [-0.3, -0.25) is 0 Å². The second-order valence-electron chi connectivity index (χ2n) is 12.1. The zero-order valence-electron chi connectivity index (χ0n) is 22.3. The van der Waals surface area contributed by atoms with E-state index in [0.29, 0.717) is 12.5 Å². The molecule has 0 radical (unpaired) electrons. The van der Waals surface area contributed by atoms with Crippen molar-refractivity contribution in [2.45, 2.75) is 102 Å². The van der Waals surface area contributed by atoms with Crippen LogP contribution in [0.1, 0.15) is 47.1 Å². The summed E-state index contributed by atoms with van der Waals surface area (Å²) in [6.07, 6.45) is -0.412. The second kappa shape index (κ2) is 10.2. The Morgan fingerprint density at radius 2 is 1.58 bits per heavy atom. The third-order valence-corrected chi connectivity index (χ3v) is 16.5. The minimum absolute atomic E-state index is 0.00490. The van der Waals surface area contributed by atoms with Crippen LogP contribution in [-0.4, -0.2) is 58.6 Å². The molecule has 0 aliphatic carbocycles. The number of hydrogen-bond acceptors (Lipinski definition) is 5. The van der Waals surface area contributed by atoms with Gasteiger partial charge in [-0.15, -0.1) is 6.58 Å². The first-order valence-corrected chi connectivity index (χ1v) is 17.7. The molecular formula is C26H45NO4Si2. The van der Waals surface area contributed by atoms with Gasteiger partial charge in [-0.2, -0.15) is 0 Å². The lowest BCUT2D eigenvalue weighted by Gasteiger charge is -2.46. The molecule has 1 N–H and O–H groups in total. The van der Waals surface area contributed by atoms with E-state index in [1.165, 1.54) is 6.08 Å². The molecule has 1 aliphatic rings. The Kier molecular flexibility index (Phi) is 8.61. The van der Waals surface area contributed by atoms with Crippen molar-refractivity contribution in [3.05, 3.63) is 48.6 Å². The minimum atomic E-state index is -2.19. The van der Waals surface area contributed by atoms with E-state index in [0.717, 1.165) is 5.56 Å². The van der Waals surface area contributed by atoms with Crippen LogP contribution in [0.3, 0.4) is 0 Å². The fourth-order valence-corrected chi connectivity index (χ4v) is 5.44. The summed E-state index contributed by atoms with van der Waals surface area (Å²) in [6, 6.07) is 9.52. The molecule has 2 rings (SSSR count). The lowest BCUT2D eigenvalue weighted by Crippen LogP contribution is -2.58. The maximum absolute atomic E-state index is 10.9. The third kappa shape index (κ3) is 6.66. The Labute approximate surface area is 203 Å². The molecule has 33 heavy (non-hydrogen) atoms. The van der Waals surface area contributed by atoms with E-state index in [1.807, 2.05) is 30.3 Å². The van der Waals surface area contributed by atoms with Gasteiger partial charge in [0.25, 0.3) is 0 Å². The number of aliphatic hydroxyl groups excluding tert-OH is 1. The summed E-state index contributed by atoms with van der Waals surface area (Å²) in [6.45, 7) is 26.5. The molecule has 1 aromatic carbocycles. The van der Waals surface area contributed by atoms with E-state index in [9.17, 15) is 5.11 Å². The van der Waals surface area contributed by atoms with Gasteiger partial charge >= 0.3 is 0 Å². The summed E-state index contributed by atoms with van der Waals surface area (Å²) in [5.41, 5.74) is 0.877. The average Bonchev–Trinajstić information content (AvgIpc) is 2.71. The number of benzene rings is 1. The van der Waals surface area contributed by atoms with Gasteiger partial charge in [0.1, 0.15) is 18.2 Å². The maximum atomic E-state index is 10.9. The molecule has 1 aliphatic heterocycles. The van der Waals surface area contributed by atoms with Crippen LogP contribution >= 0.6 is 0 Å². The number of nitrogens with zero attached hydrogens (tertiary/aromatic N) is 1. The highest BCUT2D eigenvalue weighted by atomic mass is 28.4. The van der Waals surface area contributed by atoms with Crippen LogP contribution in [0.25, 0.3) is 0 Å². The van der Waals surface area contributed by atoms with Gasteiger partial charge in [-0.05, 0) is 48.4 Å². The molecule has 0 aromatic heterocycles. The highest BCUT2D eigenvalue weighted by Gasteiger charge is 2.48. The fraction of sp³-hybridized carbons (Fsp3) is 0.654. The molecule has 1 aromatic rings. The van der Waals surface area contributed by atoms with Crippen LogP contribution in [-0.2, 0) is 13.6 Å². The summed E-state index contributed by atoms with van der Waals surface area (Å²) in [4.78, 5) is 5.00. The first-order valence-electron chi connectivity index (χ1n) is 11.9. The summed E-state index contributed by atoms with van der Waals surface area (Å²) >= 11 is 0. The van der Waals surface area contributed by atoms with Crippen molar-refractivity contribution in [2.75, 3.05) is 6.61 Å². The van der Waals surface area contributed by atoms with Crippen LogP contribution < -0.4 is 0 Å². The van der Waals surface area contributed by atoms with Crippen LogP contribution in [0.4, 0.5) is 0 Å². The Bertz CT molecular complexity index is 825. The van der Waals surface area contributed by atoms with Gasteiger partial charge in [0.05, 0.1) is 6.61 Å². The van der Waals surface area contributed by atoms with Crippen LogP contribution in [0.15, 0.2) is 48.0 Å². The van der Waals surface area contributed by atoms with Crippen LogP contribution in [0, 0.1) is 0 Å². The van der Waals surface area contributed by atoms with Crippen molar-refractivity contribution in [1.29, 1.82) is 0 Å². The Morgan fingerprint density at radius 1 is 1.03 bits per heavy atom. The molecule has 0 saturated carbocycles. The molecule has 4 atom stereocenters. The highest BCUT2D eigenvalue weighted by molar-refractivity contribution is 6.74. The number of ether oxygens (including phenoxy) is 1. The van der Waals surface area contributed by atoms with Crippen molar-refractivity contribution in [3.63, 3.8) is 0 Å². The predicted molar refractivity (Wildman–Crippen MR) is 143 cm³/mol. The Balaban J connectivity index is 2.51. The topological polar surface area (TPSA) is 60.3 Å². The second-order valence-corrected chi connectivity index (χ2v) is 21.7. The van der Waals surface area contributed by atoms with E-state index < -0.39 is 34.9 Å². The number of rotatable bonds is 8. The van der Waals surface area contributed by atoms with Gasteiger partial charge in [-0.1, -0.05) is 65.8 Å². The Morgan fingerprint density at radius 3 is 2.06 bits per heavy atom. The van der Waals surface area contributed by atoms with E-state index in [4.69, 9.17) is 18.6 Å². The minimum Gasteiger partial charge on any atom is -0.468 e. The van der Waals surface area contributed by atoms with E-state index >= 15 is 0 Å². The lowest BCUT2D eigenvalue weighted by molar-refractivity contribution is -0.0530. The van der Waals surface area contributed by atoms with Gasteiger partial charge in [0.2, 0.25) is 5.90 Å². The summed E-state index contributed by atoms with van der Waals surface area (Å²) in [5, 5.41) is 11.0. The molecule has 7 heteroatoms. The number of hydrogen-bond donors (Lipinski definition) is 1. The molecular weight excluding hydrogens is 446 g/mol. The maximum Gasteiger partial charge on any atom is 0.217 e. The monoisotopic (exact) mass is 491 g/mol. The standard InChI is InChI=1S/C26H45NO4Si2/c1-12-21(28)23-22(31-33(10,11)26(5,6)7)20(18-29-32(8,9)25(2,3)4)27-24(30-23)19-16-14-13-15-17-19/h12-17,20-23,28H,1,18H2,2-11H3/t20-,21-,22+,23-/m1/s1. The zero-order valence-corrected chi connectivity index (χ0v) is 24.3. The molecule has 0 saturated heterocycles. The first-order chi connectivity index (χ1) is 15.0. The molecule has 5 nitrogen and oxygen atoms in total. The van der Waals surface area contributed by atoms with Crippen molar-refractivity contribution >= 4 is 22.5 Å². The fourth-order valence-electron chi connectivity index (χ4n) is 3.10. The van der Waals surface area contributed by atoms with Crippen molar-refractivity contribution < 1.29 is 18.7 Å². The van der Waals surface area contributed by atoms with Gasteiger partial charge < -0.3 is 18.7 Å². The molecule has 1 heterocycles. The molecule has 0 fully saturated rings. The molecule has 0 bridgehead atoms. The quantitative estimate of drug-likeness (QED) is 0.349. The van der Waals surface area contributed by atoms with E-state index in [-0.39, 0.29) is 16.1 Å². The number of aliphatic hydroxyl groups is 1. The van der Waals surface area contributed by atoms with Crippen molar-refractivity contribution in [2.24, 2.45) is 4.99 Å². The van der Waals surface area contributed by atoms with Gasteiger partial charge in [-0.25, -0.2) is 4.99 Å². The summed E-state index contributed by atoms with van der Waals surface area (Å²) < 4.78 is 19.8. The van der Waals surface area contributed by atoms with E-state index in [1.54, 1.807) is 0 Å². The summed E-state index contributed by atoms with van der Waals surface area (Å²) in [5.74, 6) is 0.514. The molecule has 186 valence electrons. The normalized spacial score (nSPS) is 23.5. The predicted octanol–water partition coefficient (Wildman–Crippen LogP) is 6.16. The largest absolute Gasteiger partial charge is 0.468 e. The van der Waals surface area contributed by atoms with Gasteiger partial charge in [0.15, 0.2) is 22.7 Å². The first kappa shape index (κ1) is 28.0. The molecule has 0 amide bonds. The molecule has 0 spiro atoms. The molecule has 0 unspecified atom stereocenters. The average molecular weight is 492 g/mol. The van der Waals surface area contributed by atoms with E-state index in [2.05, 4.69) is 74.3 Å². The van der Waals surface area contributed by atoms with Crippen LogP contribution in [0.2, 0.25) is 36.3 Å². The van der Waals surface area contributed by atoms with Crippen molar-refractivity contribution in [1.82, 2.24) is 0 Å². The highest BCUT2D eigenvalue weighted by Crippen LogP contribution is 2.41. The van der Waals surface area contributed by atoms with Crippen molar-refractivity contribution in [3.8, 4) is 0 Å². The van der Waals surface area contributed by atoms with Gasteiger partial charge in [0, 0.05) is 5.56 Å². The SMILES string of the molecule is C=C[C@@H](O)[C@H]1OC(c2ccccc2)=N[C@H](CO[Si](C)(C)C(C)(C)C)[C@@H]1O[Si](C)(C)C(C)(C)C. The lowest BCUT2D eigenvalue weighted by atomic mass is 9.99. The summed E-state index contributed by atoms with van der Waals surface area (Å²) in [7, 11) is -4.20. The third-order valence-electron chi connectivity index (χ3n) is 7.49. The zero-order chi connectivity index (χ0) is 25.2. The smallest absolute Gasteiger partial charge is 0.217 e. The Hall–Kier alpha value is -1.26. The van der Waals surface area contributed by atoms with Crippen LogP contribution in [0.5, 0.6) is 0 Å². The number of aliphatic imine (C=N–C) groups is 1.